The van der Waals surface area contributed by atoms with Gasteiger partial charge in [0.1, 0.15) is 6.20 Å². The maximum Gasteiger partial charge on any atom is 0.416 e. The first-order valence-electron chi connectivity index (χ1n) is 5.69. The summed E-state index contributed by atoms with van der Waals surface area (Å²) < 4.78 is 43.1. The molecule has 0 aliphatic heterocycles. The van der Waals surface area contributed by atoms with Crippen molar-refractivity contribution in [1.82, 2.24) is 4.98 Å². The lowest BCUT2D eigenvalue weighted by molar-refractivity contribution is -0.385. The van der Waals surface area contributed by atoms with E-state index in [4.69, 9.17) is 4.74 Å². The molecule has 1 aromatic carbocycles. The lowest BCUT2D eigenvalue weighted by Gasteiger charge is -2.10. The molecule has 0 fully saturated rings. The Balaban J connectivity index is 2.60. The molecule has 0 unspecified atom stereocenters. The minimum Gasteiger partial charge on any atom is -0.481 e. The van der Waals surface area contributed by atoms with Crippen LogP contribution in [0.5, 0.6) is 5.88 Å². The van der Waals surface area contributed by atoms with Gasteiger partial charge < -0.3 is 4.74 Å². The van der Waals surface area contributed by atoms with Gasteiger partial charge in [0.05, 0.1) is 23.2 Å². The Morgan fingerprint density at radius 3 is 2.57 bits per heavy atom. The summed E-state index contributed by atoms with van der Waals surface area (Å²) >= 11 is 0. The van der Waals surface area contributed by atoms with Crippen molar-refractivity contribution in [2.24, 2.45) is 0 Å². The molecule has 1 heterocycles. The Bertz CT molecular complexity index is 687. The zero-order valence-corrected chi connectivity index (χ0v) is 10.7. The molecule has 0 spiro atoms. The van der Waals surface area contributed by atoms with Gasteiger partial charge in [-0.2, -0.15) is 13.2 Å². The van der Waals surface area contributed by atoms with E-state index >= 15 is 0 Å². The highest BCUT2D eigenvalue weighted by Crippen LogP contribution is 2.35. The second kappa shape index (κ2) is 5.39. The van der Waals surface area contributed by atoms with E-state index in [0.29, 0.717) is 0 Å². The molecule has 0 N–H and O–H groups in total. The molecule has 21 heavy (non-hydrogen) atoms. The van der Waals surface area contributed by atoms with Crippen molar-refractivity contribution in [2.75, 3.05) is 7.11 Å². The third-order valence-corrected chi connectivity index (χ3v) is 2.74. The van der Waals surface area contributed by atoms with Crippen LogP contribution in [0.3, 0.4) is 0 Å². The van der Waals surface area contributed by atoms with Crippen LogP contribution in [-0.4, -0.2) is 17.0 Å². The number of nitro groups is 1. The van der Waals surface area contributed by atoms with Crippen molar-refractivity contribution < 1.29 is 22.8 Å². The highest BCUT2D eigenvalue weighted by atomic mass is 19.4. The van der Waals surface area contributed by atoms with E-state index in [-0.39, 0.29) is 22.7 Å². The number of methoxy groups -OCH3 is 1. The van der Waals surface area contributed by atoms with E-state index in [1.165, 1.54) is 19.2 Å². The number of alkyl halides is 3. The van der Waals surface area contributed by atoms with Crippen LogP contribution in [0, 0.1) is 10.1 Å². The van der Waals surface area contributed by atoms with Crippen molar-refractivity contribution >= 4 is 5.69 Å². The van der Waals surface area contributed by atoms with Gasteiger partial charge in [0, 0.05) is 6.07 Å². The van der Waals surface area contributed by atoms with Crippen LogP contribution in [0.15, 0.2) is 36.5 Å². The van der Waals surface area contributed by atoms with Crippen molar-refractivity contribution in [3.05, 3.63) is 52.2 Å². The zero-order valence-electron chi connectivity index (χ0n) is 10.7. The molecule has 0 aliphatic rings. The van der Waals surface area contributed by atoms with Gasteiger partial charge in [-0.3, -0.25) is 10.1 Å². The second-order valence-electron chi connectivity index (χ2n) is 4.09. The van der Waals surface area contributed by atoms with E-state index in [0.717, 1.165) is 24.4 Å². The van der Waals surface area contributed by atoms with Crippen LogP contribution in [0.25, 0.3) is 11.1 Å². The lowest BCUT2D eigenvalue weighted by atomic mass is 10.0. The quantitative estimate of drug-likeness (QED) is 0.640. The largest absolute Gasteiger partial charge is 0.481 e. The summed E-state index contributed by atoms with van der Waals surface area (Å²) in [5.74, 6) is 0.0138. The van der Waals surface area contributed by atoms with Crippen molar-refractivity contribution in [2.45, 2.75) is 6.18 Å². The number of hydrogen-bond acceptors (Lipinski definition) is 4. The molecule has 0 atom stereocenters. The molecular weight excluding hydrogens is 289 g/mol. The zero-order chi connectivity index (χ0) is 15.6. The number of nitrogens with zero attached hydrogens (tertiary/aromatic N) is 2. The summed E-state index contributed by atoms with van der Waals surface area (Å²) in [6.45, 7) is 0. The van der Waals surface area contributed by atoms with Gasteiger partial charge in [-0.1, -0.05) is 12.1 Å². The number of aromatic nitrogens is 1. The van der Waals surface area contributed by atoms with E-state index < -0.39 is 16.7 Å². The van der Waals surface area contributed by atoms with Gasteiger partial charge in [0.2, 0.25) is 5.88 Å². The molecule has 5 nitrogen and oxygen atoms in total. The average molecular weight is 298 g/mol. The average Bonchev–Trinajstić information content (AvgIpc) is 2.45. The van der Waals surface area contributed by atoms with Crippen molar-refractivity contribution in [3.8, 4) is 17.0 Å². The second-order valence-corrected chi connectivity index (χ2v) is 4.09. The monoisotopic (exact) mass is 298 g/mol. The molecule has 1 aromatic heterocycles. The Morgan fingerprint density at radius 2 is 2.00 bits per heavy atom. The molecule has 8 heteroatoms. The third-order valence-electron chi connectivity index (χ3n) is 2.74. The first-order valence-corrected chi connectivity index (χ1v) is 5.69. The van der Waals surface area contributed by atoms with Gasteiger partial charge in [0.25, 0.3) is 5.69 Å². The van der Waals surface area contributed by atoms with Crippen LogP contribution in [0.4, 0.5) is 18.9 Å². The molecule has 0 amide bonds. The number of benzene rings is 1. The highest BCUT2D eigenvalue weighted by Gasteiger charge is 2.30. The molecule has 0 saturated carbocycles. The minimum atomic E-state index is -4.50. The van der Waals surface area contributed by atoms with Gasteiger partial charge in [0.15, 0.2) is 0 Å². The van der Waals surface area contributed by atoms with Crippen LogP contribution in [0.1, 0.15) is 5.56 Å². The van der Waals surface area contributed by atoms with Crippen LogP contribution in [-0.2, 0) is 6.18 Å². The Kier molecular flexibility index (Phi) is 3.79. The normalized spacial score (nSPS) is 11.2. The maximum absolute atomic E-state index is 12.7. The minimum absolute atomic E-state index is 0.0138. The highest BCUT2D eigenvalue weighted by molar-refractivity contribution is 5.71. The number of pyridine rings is 1. The fourth-order valence-corrected chi connectivity index (χ4v) is 1.77. The van der Waals surface area contributed by atoms with E-state index in [2.05, 4.69) is 4.98 Å². The lowest BCUT2D eigenvalue weighted by Crippen LogP contribution is -2.04. The van der Waals surface area contributed by atoms with Gasteiger partial charge >= 0.3 is 6.18 Å². The maximum atomic E-state index is 12.7. The summed E-state index contributed by atoms with van der Waals surface area (Å²) in [7, 11) is 1.28. The van der Waals surface area contributed by atoms with Crippen LogP contribution < -0.4 is 4.74 Å². The molecule has 2 rings (SSSR count). The van der Waals surface area contributed by atoms with E-state index in [1.54, 1.807) is 0 Å². The summed E-state index contributed by atoms with van der Waals surface area (Å²) in [5, 5.41) is 10.8. The molecular formula is C13H9F3N2O3. The molecule has 0 radical (unpaired) electrons. The Hall–Kier alpha value is -2.64. The van der Waals surface area contributed by atoms with Gasteiger partial charge in [-0.25, -0.2) is 4.98 Å². The van der Waals surface area contributed by atoms with Crippen molar-refractivity contribution in [1.29, 1.82) is 0 Å². The van der Waals surface area contributed by atoms with Gasteiger partial charge in [-0.05, 0) is 17.7 Å². The van der Waals surface area contributed by atoms with E-state index in [1.807, 2.05) is 0 Å². The molecule has 0 saturated heterocycles. The topological polar surface area (TPSA) is 65.3 Å². The molecule has 110 valence electrons. The van der Waals surface area contributed by atoms with Crippen LogP contribution in [0.2, 0.25) is 0 Å². The number of hydrogen-bond donors (Lipinski definition) is 0. The van der Waals surface area contributed by atoms with Gasteiger partial charge in [-0.15, -0.1) is 0 Å². The standard InChI is InChI=1S/C13H9F3N2O3/c1-21-12-11(6-10(7-17-12)18(19)20)8-3-2-4-9(5-8)13(14,15)16/h2-7H,1H3. The summed E-state index contributed by atoms with van der Waals surface area (Å²) in [4.78, 5) is 13.8. The fourth-order valence-electron chi connectivity index (χ4n) is 1.77. The summed E-state index contributed by atoms with van der Waals surface area (Å²) in [6, 6.07) is 5.56. The smallest absolute Gasteiger partial charge is 0.416 e. The molecule has 0 bridgehead atoms. The Morgan fingerprint density at radius 1 is 1.29 bits per heavy atom. The SMILES string of the molecule is COc1ncc([N+](=O)[O-])cc1-c1cccc(C(F)(F)F)c1. The third kappa shape index (κ3) is 3.10. The number of rotatable bonds is 3. The predicted molar refractivity (Wildman–Crippen MR) is 67.9 cm³/mol. The fraction of sp³-hybridized carbons (Fsp3) is 0.154. The Labute approximate surface area is 117 Å². The summed E-state index contributed by atoms with van der Waals surface area (Å²) in [5.41, 5.74) is -0.924. The first kappa shape index (κ1) is 14.8. The molecule has 0 aliphatic carbocycles. The number of ether oxygens (including phenoxy) is 1. The van der Waals surface area contributed by atoms with Crippen LogP contribution >= 0.6 is 0 Å². The predicted octanol–water partition coefficient (Wildman–Crippen LogP) is 3.68. The first-order chi connectivity index (χ1) is 9.82. The summed E-state index contributed by atoms with van der Waals surface area (Å²) in [6.07, 6.45) is -3.52. The molecule has 2 aromatic rings. The van der Waals surface area contributed by atoms with E-state index in [9.17, 15) is 23.3 Å². The number of halogens is 3. The van der Waals surface area contributed by atoms with Crippen molar-refractivity contribution in [3.63, 3.8) is 0 Å².